The van der Waals surface area contributed by atoms with Gasteiger partial charge in [-0.3, -0.25) is 4.57 Å². The molecule has 1 atom stereocenters. The summed E-state index contributed by atoms with van der Waals surface area (Å²) in [6, 6.07) is 0. The maximum atomic E-state index is 10.5. The second-order valence-corrected chi connectivity index (χ2v) is 4.00. The highest BCUT2D eigenvalue weighted by Crippen LogP contribution is 2.43. The molecule has 0 aliphatic carbocycles. The van der Waals surface area contributed by atoms with Crippen molar-refractivity contribution in [3.63, 3.8) is 0 Å². The first kappa shape index (κ1) is 7.22. The molecular weight excluding hydrogens is 141 g/mol. The maximum absolute atomic E-state index is 10.5. The molecule has 1 saturated heterocycles. The molecule has 0 amide bonds. The second kappa shape index (κ2) is 2.39. The lowest BCUT2D eigenvalue weighted by atomic mass is 10.4. The Labute approximate surface area is 53.4 Å². The Morgan fingerprint density at radius 1 is 1.56 bits per heavy atom. The van der Waals surface area contributed by atoms with E-state index >= 15 is 0 Å². The van der Waals surface area contributed by atoms with Crippen molar-refractivity contribution in [2.75, 3.05) is 6.54 Å². The Bertz CT molecular complexity index is 137. The normalized spacial score (nSPS) is 28.9. The fraction of sp³-hybridized carbons (Fsp3) is 1.00. The predicted molar refractivity (Wildman–Crippen MR) is 33.1 cm³/mol. The number of rotatable bonds is 1. The van der Waals surface area contributed by atoms with E-state index in [9.17, 15) is 4.57 Å². The minimum atomic E-state index is -3.82. The summed E-state index contributed by atoms with van der Waals surface area (Å²) in [5.41, 5.74) is 0. The van der Waals surface area contributed by atoms with Crippen LogP contribution < -0.4 is 5.32 Å². The molecule has 0 bridgehead atoms. The summed E-state index contributed by atoms with van der Waals surface area (Å²) in [4.78, 5) is 17.1. The lowest BCUT2D eigenvalue weighted by molar-refractivity contribution is 0.353. The summed E-state index contributed by atoms with van der Waals surface area (Å²) < 4.78 is 10.5. The lowest BCUT2D eigenvalue weighted by Gasteiger charge is -2.10. The van der Waals surface area contributed by atoms with Crippen molar-refractivity contribution in [1.82, 2.24) is 5.32 Å². The third kappa shape index (κ3) is 1.76. The van der Waals surface area contributed by atoms with Crippen LogP contribution in [0.2, 0.25) is 0 Å². The van der Waals surface area contributed by atoms with Gasteiger partial charge < -0.3 is 15.1 Å². The van der Waals surface area contributed by atoms with Gasteiger partial charge in [-0.25, -0.2) is 0 Å². The molecule has 0 saturated carbocycles. The summed E-state index contributed by atoms with van der Waals surface area (Å²) in [5, 5.41) is 2.73. The van der Waals surface area contributed by atoms with E-state index in [4.69, 9.17) is 9.79 Å². The molecule has 4 nitrogen and oxygen atoms in total. The van der Waals surface area contributed by atoms with Gasteiger partial charge in [0.1, 0.15) is 5.78 Å². The molecular formula is C4H10NO3P. The van der Waals surface area contributed by atoms with E-state index in [0.717, 1.165) is 13.0 Å². The second-order valence-electron chi connectivity index (χ2n) is 2.20. The molecule has 3 N–H and O–H groups in total. The Morgan fingerprint density at radius 3 is 2.44 bits per heavy atom. The van der Waals surface area contributed by atoms with Crippen molar-refractivity contribution in [2.24, 2.45) is 0 Å². The third-order valence-electron chi connectivity index (χ3n) is 1.44. The van der Waals surface area contributed by atoms with E-state index in [0.29, 0.717) is 6.42 Å². The smallest absolute Gasteiger partial charge is 0.323 e. The number of hydrogen-bond acceptors (Lipinski definition) is 2. The molecule has 54 valence electrons. The van der Waals surface area contributed by atoms with Crippen LogP contribution in [-0.2, 0) is 4.57 Å². The van der Waals surface area contributed by atoms with Crippen LogP contribution in [0.15, 0.2) is 0 Å². The quantitative estimate of drug-likeness (QED) is 0.457. The van der Waals surface area contributed by atoms with Gasteiger partial charge in [0.15, 0.2) is 0 Å². The molecule has 9 heavy (non-hydrogen) atoms. The fourth-order valence-electron chi connectivity index (χ4n) is 0.953. The van der Waals surface area contributed by atoms with Crippen LogP contribution in [0, 0.1) is 0 Å². The van der Waals surface area contributed by atoms with E-state index in [1.807, 2.05) is 0 Å². The molecule has 0 radical (unpaired) electrons. The third-order valence-corrected chi connectivity index (χ3v) is 2.69. The summed E-state index contributed by atoms with van der Waals surface area (Å²) >= 11 is 0. The molecule has 1 fully saturated rings. The first-order valence-corrected chi connectivity index (χ1v) is 4.57. The molecule has 0 aromatic heterocycles. The highest BCUT2D eigenvalue weighted by atomic mass is 31.2. The highest BCUT2D eigenvalue weighted by Gasteiger charge is 2.30. The van der Waals surface area contributed by atoms with Crippen LogP contribution in [0.3, 0.4) is 0 Å². The Morgan fingerprint density at radius 2 is 2.22 bits per heavy atom. The first-order valence-electron chi connectivity index (χ1n) is 2.89. The van der Waals surface area contributed by atoms with Crippen LogP contribution in [0.4, 0.5) is 0 Å². The standard InChI is InChI=1S/C4H10NO3P/c6-9(7,8)4-2-1-3-5-4/h4-5H,1-3H2,(H2,6,7,8). The fourth-order valence-corrected chi connectivity index (χ4v) is 1.84. The molecule has 1 aliphatic rings. The van der Waals surface area contributed by atoms with Crippen LogP contribution >= 0.6 is 7.60 Å². The Balaban J connectivity index is 2.52. The Kier molecular flexibility index (Phi) is 1.91. The van der Waals surface area contributed by atoms with Crippen LogP contribution in [0.25, 0.3) is 0 Å². The molecule has 0 aromatic carbocycles. The molecule has 1 rings (SSSR count). The van der Waals surface area contributed by atoms with Gasteiger partial charge in [-0.2, -0.15) is 0 Å². The van der Waals surface area contributed by atoms with Crippen molar-refractivity contribution < 1.29 is 14.4 Å². The van der Waals surface area contributed by atoms with Crippen molar-refractivity contribution in [1.29, 1.82) is 0 Å². The summed E-state index contributed by atoms with van der Waals surface area (Å²) in [7, 11) is -3.82. The predicted octanol–water partition coefficient (Wildman–Crippen LogP) is -0.126. The summed E-state index contributed by atoms with van der Waals surface area (Å²) in [5.74, 6) is -0.572. The average Bonchev–Trinajstić information content (AvgIpc) is 2.08. The maximum Gasteiger partial charge on any atom is 0.342 e. The zero-order valence-corrected chi connectivity index (χ0v) is 5.84. The molecule has 1 aliphatic heterocycles. The van der Waals surface area contributed by atoms with E-state index in [2.05, 4.69) is 5.32 Å². The largest absolute Gasteiger partial charge is 0.342 e. The summed E-state index contributed by atoms with van der Waals surface area (Å²) in [6.45, 7) is 0.732. The monoisotopic (exact) mass is 151 g/mol. The molecule has 1 unspecified atom stereocenters. The molecule has 0 aromatic rings. The topological polar surface area (TPSA) is 69.6 Å². The zero-order chi connectivity index (χ0) is 6.91. The number of nitrogens with one attached hydrogen (secondary N) is 1. The average molecular weight is 151 g/mol. The van der Waals surface area contributed by atoms with Crippen LogP contribution in [0.1, 0.15) is 12.8 Å². The van der Waals surface area contributed by atoms with Gasteiger partial charge in [-0.05, 0) is 19.4 Å². The zero-order valence-electron chi connectivity index (χ0n) is 4.95. The van der Waals surface area contributed by atoms with Crippen molar-refractivity contribution in [3.05, 3.63) is 0 Å². The van der Waals surface area contributed by atoms with E-state index in [1.54, 1.807) is 0 Å². The summed E-state index contributed by atoms with van der Waals surface area (Å²) in [6.07, 6.45) is 1.47. The minimum absolute atomic E-state index is 0.572. The first-order chi connectivity index (χ1) is 4.11. The minimum Gasteiger partial charge on any atom is -0.323 e. The van der Waals surface area contributed by atoms with Crippen LogP contribution in [0.5, 0.6) is 0 Å². The Hall–Kier alpha value is 0.110. The van der Waals surface area contributed by atoms with Crippen LogP contribution in [-0.4, -0.2) is 22.1 Å². The molecule has 0 spiro atoms. The van der Waals surface area contributed by atoms with E-state index < -0.39 is 13.4 Å². The van der Waals surface area contributed by atoms with Gasteiger partial charge in [-0.1, -0.05) is 0 Å². The number of hydrogen-bond donors (Lipinski definition) is 3. The van der Waals surface area contributed by atoms with Crippen molar-refractivity contribution in [2.45, 2.75) is 18.6 Å². The van der Waals surface area contributed by atoms with Gasteiger partial charge in [0, 0.05) is 0 Å². The van der Waals surface area contributed by atoms with E-state index in [1.165, 1.54) is 0 Å². The van der Waals surface area contributed by atoms with Gasteiger partial charge in [0.2, 0.25) is 0 Å². The van der Waals surface area contributed by atoms with Crippen molar-refractivity contribution >= 4 is 7.60 Å². The lowest BCUT2D eigenvalue weighted by Crippen LogP contribution is -2.20. The van der Waals surface area contributed by atoms with Gasteiger partial charge in [0.25, 0.3) is 0 Å². The van der Waals surface area contributed by atoms with Gasteiger partial charge in [-0.15, -0.1) is 0 Å². The highest BCUT2D eigenvalue weighted by molar-refractivity contribution is 7.52. The van der Waals surface area contributed by atoms with Gasteiger partial charge >= 0.3 is 7.60 Å². The van der Waals surface area contributed by atoms with Crippen molar-refractivity contribution in [3.8, 4) is 0 Å². The molecule has 1 heterocycles. The van der Waals surface area contributed by atoms with Gasteiger partial charge in [0.05, 0.1) is 0 Å². The molecule has 5 heteroatoms. The van der Waals surface area contributed by atoms with E-state index in [-0.39, 0.29) is 0 Å². The SMILES string of the molecule is O=P(O)(O)C1CCCN1.